The number of nitrogens with zero attached hydrogens (tertiary/aromatic N) is 4. The number of aromatic nitrogens is 2. The van der Waals surface area contributed by atoms with Crippen LogP contribution in [0.3, 0.4) is 0 Å². The maximum absolute atomic E-state index is 2.70. The standard InChI is InChI=1S/C73H54B2N4S2/c1-43(2)54-40-64-68-70-66(54)52-30-18-20-32-60(52)78(70)62-38-50(76(46-22-10-6-11-23-46)47-24-12-7-13-25-47)34-36-56(62)74(68)58-42-59-73(45(5)72(58)80-64)81-65-41-55(44(3)4)67-53-31-19-21-33-61(53)79-63-39-51(35-37-57(63)75(59)69(65)71(67)79)77(48-26-14-8-15-27-48)49-28-16-9-17-29-49/h6-44H,1-5H3. The van der Waals surface area contributed by atoms with Crippen molar-refractivity contribution in [3.63, 3.8) is 0 Å². The zero-order chi connectivity index (χ0) is 53.9. The van der Waals surface area contributed by atoms with E-state index in [-0.39, 0.29) is 13.4 Å². The summed E-state index contributed by atoms with van der Waals surface area (Å²) in [7, 11) is 0. The van der Waals surface area contributed by atoms with Gasteiger partial charge in [0.25, 0.3) is 0 Å². The molecule has 0 saturated heterocycles. The smallest absolute Gasteiger partial charge is 0.249 e. The van der Waals surface area contributed by atoms with Crippen molar-refractivity contribution in [3.8, 4) is 11.4 Å². The molecule has 4 aliphatic heterocycles. The van der Waals surface area contributed by atoms with Crippen LogP contribution in [0, 0.1) is 6.92 Å². The molecule has 0 fully saturated rings. The predicted octanol–water partition coefficient (Wildman–Crippen LogP) is 16.0. The van der Waals surface area contributed by atoms with Crippen LogP contribution in [-0.4, -0.2) is 22.6 Å². The molecule has 4 nitrogen and oxygen atoms in total. The third kappa shape index (κ3) is 6.66. The Kier molecular flexibility index (Phi) is 10.3. The first-order chi connectivity index (χ1) is 39.8. The molecule has 0 amide bonds. The van der Waals surface area contributed by atoms with Crippen LogP contribution in [0.2, 0.25) is 0 Å². The maximum atomic E-state index is 2.70. The Bertz CT molecular complexity index is 4420. The Hall–Kier alpha value is -8.55. The Morgan fingerprint density at radius 1 is 0.370 bits per heavy atom. The Morgan fingerprint density at radius 2 is 0.728 bits per heavy atom. The minimum atomic E-state index is 0.00338. The molecular weight excluding hydrogens is 1020 g/mol. The number of rotatable bonds is 8. The highest BCUT2D eigenvalue weighted by atomic mass is 32.2. The lowest BCUT2D eigenvalue weighted by Gasteiger charge is -2.39. The first-order valence-electron chi connectivity index (χ1n) is 28.6. The second kappa shape index (κ2) is 17.7. The highest BCUT2D eigenvalue weighted by molar-refractivity contribution is 8.01. The summed E-state index contributed by atoms with van der Waals surface area (Å²) >= 11 is 4.04. The molecule has 13 aromatic rings. The average Bonchev–Trinajstić information content (AvgIpc) is 2.10. The van der Waals surface area contributed by atoms with E-state index in [1.165, 1.54) is 124 Å². The highest BCUT2D eigenvalue weighted by Gasteiger charge is 2.46. The lowest BCUT2D eigenvalue weighted by Crippen LogP contribution is -2.63. The molecule has 0 spiro atoms. The monoisotopic (exact) mass is 1070 g/mol. The van der Waals surface area contributed by atoms with E-state index in [1.54, 1.807) is 0 Å². The topological polar surface area (TPSA) is 16.3 Å². The predicted molar refractivity (Wildman–Crippen MR) is 348 cm³/mol. The van der Waals surface area contributed by atoms with Gasteiger partial charge in [-0.15, -0.1) is 0 Å². The van der Waals surface area contributed by atoms with Crippen molar-refractivity contribution in [2.45, 2.75) is 66.0 Å². The first-order valence-corrected chi connectivity index (χ1v) is 30.3. The van der Waals surface area contributed by atoms with Gasteiger partial charge in [-0.05, 0) is 154 Å². The normalized spacial score (nSPS) is 13.3. The molecule has 11 aromatic carbocycles. The maximum Gasteiger partial charge on any atom is 0.249 e. The van der Waals surface area contributed by atoms with E-state index in [0.29, 0.717) is 11.8 Å². The molecule has 0 bridgehead atoms. The summed E-state index contributed by atoms with van der Waals surface area (Å²) < 4.78 is 5.29. The van der Waals surface area contributed by atoms with Crippen LogP contribution in [0.25, 0.3) is 55.0 Å². The van der Waals surface area contributed by atoms with Crippen molar-refractivity contribution >= 4 is 147 Å². The molecule has 384 valence electrons. The van der Waals surface area contributed by atoms with Gasteiger partial charge < -0.3 is 18.9 Å². The second-order valence-electron chi connectivity index (χ2n) is 23.1. The molecular formula is C73H54B2N4S2. The van der Waals surface area contributed by atoms with E-state index < -0.39 is 0 Å². The molecule has 6 heterocycles. The third-order valence-electron chi connectivity index (χ3n) is 18.0. The van der Waals surface area contributed by atoms with Gasteiger partial charge in [-0.2, -0.15) is 0 Å². The van der Waals surface area contributed by atoms with Gasteiger partial charge in [0.2, 0.25) is 13.4 Å². The summed E-state index contributed by atoms with van der Waals surface area (Å²) in [6, 6.07) is 84.4. The van der Waals surface area contributed by atoms with E-state index >= 15 is 0 Å². The minimum Gasteiger partial charge on any atom is -0.310 e. The Balaban J connectivity index is 0.949. The molecule has 8 heteroatoms. The van der Waals surface area contributed by atoms with Crippen LogP contribution >= 0.6 is 23.5 Å². The van der Waals surface area contributed by atoms with Gasteiger partial charge >= 0.3 is 0 Å². The first kappa shape index (κ1) is 47.3. The van der Waals surface area contributed by atoms with Gasteiger partial charge in [-0.25, -0.2) is 0 Å². The van der Waals surface area contributed by atoms with Gasteiger partial charge in [0.1, 0.15) is 0 Å². The molecule has 4 aliphatic rings. The Morgan fingerprint density at radius 3 is 1.10 bits per heavy atom. The summed E-state index contributed by atoms with van der Waals surface area (Å²) in [5.41, 5.74) is 27.1. The van der Waals surface area contributed by atoms with Crippen LogP contribution in [0.1, 0.15) is 56.2 Å². The number of hydrogen-bond acceptors (Lipinski definition) is 4. The van der Waals surface area contributed by atoms with Crippen molar-refractivity contribution in [1.82, 2.24) is 9.13 Å². The van der Waals surface area contributed by atoms with Crippen molar-refractivity contribution < 1.29 is 0 Å². The van der Waals surface area contributed by atoms with E-state index in [1.807, 2.05) is 23.5 Å². The number of para-hydroxylation sites is 6. The number of anilines is 6. The van der Waals surface area contributed by atoms with Gasteiger partial charge in [0.05, 0.1) is 22.1 Å². The number of fused-ring (bicyclic) bond motifs is 16. The number of benzene rings is 11. The third-order valence-corrected chi connectivity index (χ3v) is 20.6. The van der Waals surface area contributed by atoms with Crippen molar-refractivity contribution in [2.75, 3.05) is 9.80 Å². The fourth-order valence-electron chi connectivity index (χ4n) is 14.7. The van der Waals surface area contributed by atoms with E-state index in [2.05, 4.69) is 278 Å². The molecule has 0 N–H and O–H groups in total. The molecule has 17 rings (SSSR count). The summed E-state index contributed by atoms with van der Waals surface area (Å²) in [6.07, 6.45) is 0. The van der Waals surface area contributed by atoms with Crippen molar-refractivity contribution in [2.24, 2.45) is 0 Å². The summed E-state index contributed by atoms with van der Waals surface area (Å²) in [5.74, 6) is 0.654. The lowest BCUT2D eigenvalue weighted by atomic mass is 9.32. The van der Waals surface area contributed by atoms with Crippen LogP contribution in [0.5, 0.6) is 0 Å². The van der Waals surface area contributed by atoms with Crippen LogP contribution in [0.15, 0.2) is 244 Å². The van der Waals surface area contributed by atoms with Crippen molar-refractivity contribution in [3.05, 3.63) is 241 Å². The number of hydrogen-bond donors (Lipinski definition) is 0. The van der Waals surface area contributed by atoms with Gasteiger partial charge in [-0.3, -0.25) is 0 Å². The Labute approximate surface area is 481 Å². The quantitative estimate of drug-likeness (QED) is 0.141. The van der Waals surface area contributed by atoms with Crippen LogP contribution < -0.4 is 42.6 Å². The highest BCUT2D eigenvalue weighted by Crippen LogP contribution is 2.49. The van der Waals surface area contributed by atoms with E-state index in [4.69, 9.17) is 0 Å². The summed E-state index contributed by atoms with van der Waals surface area (Å²) in [4.78, 5) is 10.4. The SMILES string of the molecule is Cc1c2c(cc3c1Sc1cc(C(C)C)c4c5ccccc5n5c4c1B3c1ccc(N(c3ccccc3)c3ccccc3)cc1-5)B1c3ccc(N(c4ccccc4)c4ccccc4)cc3-n3c4ccccc4c4c(C(C)C)cc(c1c43)S2. The second-order valence-corrected chi connectivity index (χ2v) is 25.2. The summed E-state index contributed by atoms with van der Waals surface area (Å²) in [6.45, 7) is 12.0. The van der Waals surface area contributed by atoms with E-state index in [0.717, 1.165) is 34.1 Å². The lowest BCUT2D eigenvalue weighted by molar-refractivity contribution is 0.873. The molecule has 0 unspecified atom stereocenters. The van der Waals surface area contributed by atoms with Crippen molar-refractivity contribution in [1.29, 1.82) is 0 Å². The van der Waals surface area contributed by atoms with E-state index in [9.17, 15) is 0 Å². The minimum absolute atomic E-state index is 0.00338. The average molecular weight is 1070 g/mol. The van der Waals surface area contributed by atoms with Gasteiger partial charge in [0, 0.05) is 86.6 Å². The zero-order valence-corrected chi connectivity index (χ0v) is 47.4. The van der Waals surface area contributed by atoms with Gasteiger partial charge in [0.15, 0.2) is 0 Å². The van der Waals surface area contributed by atoms with Crippen LogP contribution in [0.4, 0.5) is 34.1 Å². The zero-order valence-electron chi connectivity index (χ0n) is 45.8. The summed E-state index contributed by atoms with van der Waals surface area (Å²) in [5, 5.41) is 5.42. The molecule has 2 aromatic heterocycles. The van der Waals surface area contributed by atoms with Crippen LogP contribution in [-0.2, 0) is 0 Å². The molecule has 0 aliphatic carbocycles. The van der Waals surface area contributed by atoms with Gasteiger partial charge in [-0.1, -0.05) is 190 Å². The molecule has 0 radical (unpaired) electrons. The molecule has 0 atom stereocenters. The molecule has 0 saturated carbocycles. The largest absolute Gasteiger partial charge is 0.310 e. The fourth-order valence-corrected chi connectivity index (χ4v) is 17.3. The molecule has 81 heavy (non-hydrogen) atoms. The fraction of sp³-hybridized carbons (Fsp3) is 0.0959.